The third-order valence-electron chi connectivity index (χ3n) is 4.60. The molecule has 0 N–H and O–H groups in total. The van der Waals surface area contributed by atoms with Gasteiger partial charge in [-0.2, -0.15) is 10.1 Å². The third kappa shape index (κ3) is 4.52. The maximum Gasteiger partial charge on any atom is 0.283 e. The molecule has 1 aliphatic heterocycles. The lowest BCUT2D eigenvalue weighted by Gasteiger charge is -2.11. The summed E-state index contributed by atoms with van der Waals surface area (Å²) in [7, 11) is 0. The van der Waals surface area contributed by atoms with Crippen LogP contribution in [0.3, 0.4) is 0 Å². The fourth-order valence-electron chi connectivity index (χ4n) is 3.08. The maximum atomic E-state index is 12.9. The molecule has 8 heteroatoms. The number of hydrazone groups is 1. The van der Waals surface area contributed by atoms with E-state index in [1.54, 1.807) is 49.4 Å². The van der Waals surface area contributed by atoms with Crippen molar-refractivity contribution in [1.82, 2.24) is 0 Å². The molecule has 0 aliphatic carbocycles. The van der Waals surface area contributed by atoms with E-state index in [2.05, 4.69) is 5.10 Å². The van der Waals surface area contributed by atoms with Crippen LogP contribution in [0.4, 0.5) is 11.4 Å². The van der Waals surface area contributed by atoms with Crippen molar-refractivity contribution in [3.63, 3.8) is 0 Å². The summed E-state index contributed by atoms with van der Waals surface area (Å²) >= 11 is 7.19. The van der Waals surface area contributed by atoms with Gasteiger partial charge in [0.25, 0.3) is 11.6 Å². The molecular weight excluding hydrogens is 434 g/mol. The van der Waals surface area contributed by atoms with Gasteiger partial charge in [-0.15, -0.1) is 0 Å². The number of hydrogen-bond donors (Lipinski definition) is 0. The Labute approximate surface area is 188 Å². The second kappa shape index (κ2) is 8.75. The minimum Gasteiger partial charge on any atom is -0.267 e. The topological polar surface area (TPSA) is 75.8 Å². The van der Waals surface area contributed by atoms with Crippen LogP contribution in [-0.2, 0) is 4.79 Å². The van der Waals surface area contributed by atoms with Crippen LogP contribution < -0.4 is 5.01 Å². The summed E-state index contributed by atoms with van der Waals surface area (Å²) in [4.78, 5) is 25.5. The van der Waals surface area contributed by atoms with Crippen LogP contribution in [0.25, 0.3) is 6.08 Å². The Hall–Kier alpha value is -3.42. The van der Waals surface area contributed by atoms with Crippen molar-refractivity contribution in [2.24, 2.45) is 5.10 Å². The first-order chi connectivity index (χ1) is 14.9. The molecule has 154 valence electrons. The molecule has 3 aromatic rings. The average Bonchev–Trinajstić information content (AvgIpc) is 3.05. The van der Waals surface area contributed by atoms with E-state index in [1.165, 1.54) is 22.8 Å². The number of benzene rings is 3. The standard InChI is InChI=1S/C23H16ClN3O3S/c1-15-20(23(28)26(25-15)18-5-3-2-4-6-18)13-16-7-12-22(21(14-16)27(29)30)31-19-10-8-17(24)9-11-19/h2-14H,1H3/b20-13+. The van der Waals surface area contributed by atoms with Gasteiger partial charge in [0, 0.05) is 16.0 Å². The van der Waals surface area contributed by atoms with E-state index in [0.29, 0.717) is 32.5 Å². The molecule has 1 aliphatic rings. The first kappa shape index (κ1) is 20.8. The zero-order valence-corrected chi connectivity index (χ0v) is 17.9. The van der Waals surface area contributed by atoms with Crippen LogP contribution >= 0.6 is 23.4 Å². The Morgan fingerprint density at radius 1 is 1.06 bits per heavy atom. The van der Waals surface area contributed by atoms with Crippen LogP contribution in [0.1, 0.15) is 12.5 Å². The molecule has 31 heavy (non-hydrogen) atoms. The van der Waals surface area contributed by atoms with Gasteiger partial charge in [-0.05, 0) is 61.0 Å². The van der Waals surface area contributed by atoms with Crippen LogP contribution in [-0.4, -0.2) is 16.5 Å². The number of nitro benzene ring substituents is 1. The summed E-state index contributed by atoms with van der Waals surface area (Å²) in [6.07, 6.45) is 1.63. The number of carbonyl (C=O) groups is 1. The molecule has 1 amide bonds. The van der Waals surface area contributed by atoms with Crippen molar-refractivity contribution >= 4 is 52.4 Å². The van der Waals surface area contributed by atoms with Gasteiger partial charge in [-0.3, -0.25) is 14.9 Å². The molecule has 6 nitrogen and oxygen atoms in total. The van der Waals surface area contributed by atoms with Gasteiger partial charge in [0.05, 0.1) is 26.8 Å². The summed E-state index contributed by atoms with van der Waals surface area (Å²) in [5, 5.41) is 17.9. The SMILES string of the molecule is CC1=NN(c2ccccc2)C(=O)/C1=C/c1ccc(Sc2ccc(Cl)cc2)c([N+](=O)[O-])c1. The van der Waals surface area contributed by atoms with E-state index >= 15 is 0 Å². The Kier molecular flexibility index (Phi) is 5.88. The van der Waals surface area contributed by atoms with Gasteiger partial charge < -0.3 is 0 Å². The monoisotopic (exact) mass is 449 g/mol. The molecule has 0 unspecified atom stereocenters. The van der Waals surface area contributed by atoms with Gasteiger partial charge in [-0.1, -0.05) is 47.6 Å². The highest BCUT2D eigenvalue weighted by molar-refractivity contribution is 7.99. The number of para-hydroxylation sites is 1. The zero-order chi connectivity index (χ0) is 22.0. The molecule has 0 saturated carbocycles. The van der Waals surface area contributed by atoms with E-state index in [4.69, 9.17) is 11.6 Å². The van der Waals surface area contributed by atoms with Crippen LogP contribution in [0, 0.1) is 10.1 Å². The molecule has 0 saturated heterocycles. The van der Waals surface area contributed by atoms with Gasteiger partial charge in [0.2, 0.25) is 0 Å². The molecule has 3 aromatic carbocycles. The minimum absolute atomic E-state index is 0.0331. The summed E-state index contributed by atoms with van der Waals surface area (Å²) in [5.74, 6) is -0.272. The number of rotatable bonds is 5. The minimum atomic E-state index is -0.423. The summed E-state index contributed by atoms with van der Waals surface area (Å²) in [6.45, 7) is 1.74. The lowest BCUT2D eigenvalue weighted by atomic mass is 10.1. The fourth-order valence-corrected chi connectivity index (χ4v) is 4.10. The van der Waals surface area contributed by atoms with E-state index in [9.17, 15) is 14.9 Å². The second-order valence-electron chi connectivity index (χ2n) is 6.74. The largest absolute Gasteiger partial charge is 0.283 e. The van der Waals surface area contributed by atoms with Crippen molar-refractivity contribution < 1.29 is 9.72 Å². The van der Waals surface area contributed by atoms with E-state index in [0.717, 1.165) is 4.90 Å². The van der Waals surface area contributed by atoms with Gasteiger partial charge in [-0.25, -0.2) is 0 Å². The summed E-state index contributed by atoms with van der Waals surface area (Å²) in [5.41, 5.74) is 2.14. The fraction of sp³-hybridized carbons (Fsp3) is 0.0435. The number of nitrogens with zero attached hydrogens (tertiary/aromatic N) is 3. The van der Waals surface area contributed by atoms with Crippen molar-refractivity contribution in [1.29, 1.82) is 0 Å². The highest BCUT2D eigenvalue weighted by Gasteiger charge is 2.28. The Balaban J connectivity index is 1.64. The number of amides is 1. The van der Waals surface area contributed by atoms with Crippen LogP contribution in [0.15, 0.2) is 93.3 Å². The summed E-state index contributed by atoms with van der Waals surface area (Å²) < 4.78 is 0. The van der Waals surface area contributed by atoms with Crippen molar-refractivity contribution in [2.45, 2.75) is 16.7 Å². The second-order valence-corrected chi connectivity index (χ2v) is 8.29. The molecule has 1 heterocycles. The third-order valence-corrected chi connectivity index (χ3v) is 5.92. The van der Waals surface area contributed by atoms with Crippen molar-refractivity contribution in [3.8, 4) is 0 Å². The molecule has 4 rings (SSSR count). The quantitative estimate of drug-likeness (QED) is 0.264. The van der Waals surface area contributed by atoms with E-state index < -0.39 is 4.92 Å². The van der Waals surface area contributed by atoms with Gasteiger partial charge in [0.1, 0.15) is 0 Å². The number of nitro groups is 1. The van der Waals surface area contributed by atoms with Crippen LogP contribution in [0.5, 0.6) is 0 Å². The zero-order valence-electron chi connectivity index (χ0n) is 16.4. The lowest BCUT2D eigenvalue weighted by Crippen LogP contribution is -2.21. The van der Waals surface area contributed by atoms with Gasteiger partial charge in [0.15, 0.2) is 0 Å². The smallest absolute Gasteiger partial charge is 0.267 e. The van der Waals surface area contributed by atoms with E-state index in [1.807, 2.05) is 30.3 Å². The number of anilines is 1. The number of hydrogen-bond acceptors (Lipinski definition) is 5. The first-order valence-electron chi connectivity index (χ1n) is 9.31. The predicted molar refractivity (Wildman–Crippen MR) is 124 cm³/mol. The number of halogens is 1. The highest BCUT2D eigenvalue weighted by Crippen LogP contribution is 2.36. The summed E-state index contributed by atoms with van der Waals surface area (Å²) in [6, 6.07) is 21.1. The lowest BCUT2D eigenvalue weighted by molar-refractivity contribution is -0.387. The normalized spacial score (nSPS) is 14.8. The van der Waals surface area contributed by atoms with E-state index in [-0.39, 0.29) is 11.6 Å². The molecule has 0 atom stereocenters. The highest BCUT2D eigenvalue weighted by atomic mass is 35.5. The molecule has 0 aromatic heterocycles. The average molecular weight is 450 g/mol. The Bertz CT molecular complexity index is 1220. The van der Waals surface area contributed by atoms with Gasteiger partial charge >= 0.3 is 0 Å². The molecule has 0 spiro atoms. The molecule has 0 bridgehead atoms. The van der Waals surface area contributed by atoms with Crippen molar-refractivity contribution in [2.75, 3.05) is 5.01 Å². The van der Waals surface area contributed by atoms with Crippen molar-refractivity contribution in [3.05, 3.63) is 99.1 Å². The Morgan fingerprint density at radius 3 is 2.45 bits per heavy atom. The number of carbonyl (C=O) groups excluding carboxylic acids is 1. The molecule has 0 radical (unpaired) electrons. The first-order valence-corrected chi connectivity index (χ1v) is 10.5. The van der Waals surface area contributed by atoms with Crippen LogP contribution in [0.2, 0.25) is 5.02 Å². The predicted octanol–water partition coefficient (Wildman–Crippen LogP) is 6.21. The maximum absolute atomic E-state index is 12.9. The molecule has 0 fully saturated rings. The molecular formula is C23H16ClN3O3S. The Morgan fingerprint density at radius 2 is 1.77 bits per heavy atom.